The zero-order chi connectivity index (χ0) is 18.2. The van der Waals surface area contributed by atoms with E-state index < -0.39 is 12.5 Å². The van der Waals surface area contributed by atoms with Gasteiger partial charge < -0.3 is 0 Å². The zero-order valence-electron chi connectivity index (χ0n) is 15.3. The van der Waals surface area contributed by atoms with Gasteiger partial charge in [-0.05, 0) is 61.4 Å². The molecule has 0 atom stereocenters. The van der Waals surface area contributed by atoms with Gasteiger partial charge in [0.15, 0.2) is 0 Å². The Morgan fingerprint density at radius 1 is 1.20 bits per heavy atom. The lowest BCUT2D eigenvalue weighted by atomic mass is 9.86. The van der Waals surface area contributed by atoms with Crippen molar-refractivity contribution in [3.8, 4) is 0 Å². The Morgan fingerprint density at radius 3 is 2.44 bits per heavy atom. The monoisotopic (exact) mass is 345 g/mol. The Kier molecular flexibility index (Phi) is 7.57. The molecule has 0 bridgehead atoms. The van der Waals surface area contributed by atoms with E-state index in [1.54, 1.807) is 6.08 Å². The summed E-state index contributed by atoms with van der Waals surface area (Å²) in [6, 6.07) is 9.00. The van der Waals surface area contributed by atoms with Crippen LogP contribution in [0, 0.1) is 5.92 Å². The minimum absolute atomic E-state index is 0.686. The lowest BCUT2D eigenvalue weighted by Crippen LogP contribution is -2.34. The lowest BCUT2D eigenvalue weighted by Gasteiger charge is -2.33. The van der Waals surface area contributed by atoms with Crippen molar-refractivity contribution >= 4 is 5.57 Å². The van der Waals surface area contributed by atoms with Crippen LogP contribution in [0.5, 0.6) is 0 Å². The van der Waals surface area contributed by atoms with Crippen LogP contribution in [0.4, 0.5) is 8.78 Å². The molecular formula is C22H29F2N. The summed E-state index contributed by atoms with van der Waals surface area (Å²) in [5.74, 6) is 0.0933. The van der Waals surface area contributed by atoms with Crippen molar-refractivity contribution < 1.29 is 8.78 Å². The van der Waals surface area contributed by atoms with Gasteiger partial charge >= 0.3 is 0 Å². The summed E-state index contributed by atoms with van der Waals surface area (Å²) >= 11 is 0. The van der Waals surface area contributed by atoms with Gasteiger partial charge in [-0.3, -0.25) is 4.90 Å². The van der Waals surface area contributed by atoms with Gasteiger partial charge in [-0.2, -0.15) is 0 Å². The Bertz CT molecular complexity index is 607. The Hall–Kier alpha value is -1.74. The van der Waals surface area contributed by atoms with Crippen LogP contribution in [0.25, 0.3) is 5.57 Å². The third-order valence-electron chi connectivity index (χ3n) is 5.07. The summed E-state index contributed by atoms with van der Waals surface area (Å²) in [5.41, 5.74) is 3.05. The molecular weight excluding hydrogens is 316 g/mol. The maximum atomic E-state index is 12.7. The van der Waals surface area contributed by atoms with E-state index in [-0.39, 0.29) is 0 Å². The van der Waals surface area contributed by atoms with Crippen LogP contribution in [-0.2, 0) is 6.54 Å². The first-order chi connectivity index (χ1) is 12.0. The average Bonchev–Trinajstić information content (AvgIpc) is 2.62. The van der Waals surface area contributed by atoms with Gasteiger partial charge in [0, 0.05) is 12.6 Å². The molecule has 0 unspecified atom stereocenters. The highest BCUT2D eigenvalue weighted by molar-refractivity contribution is 5.72. The van der Waals surface area contributed by atoms with E-state index >= 15 is 0 Å². The topological polar surface area (TPSA) is 3.24 Å². The van der Waals surface area contributed by atoms with Crippen molar-refractivity contribution in [2.75, 3.05) is 13.7 Å². The Balaban J connectivity index is 1.90. The molecule has 0 aliphatic heterocycles. The molecule has 0 aromatic heterocycles. The smallest absolute Gasteiger partial charge is 0.141 e. The molecule has 0 heterocycles. The predicted molar refractivity (Wildman–Crippen MR) is 103 cm³/mol. The van der Waals surface area contributed by atoms with Gasteiger partial charge in [-0.1, -0.05) is 49.9 Å². The van der Waals surface area contributed by atoms with E-state index in [4.69, 9.17) is 0 Å². The molecule has 136 valence electrons. The standard InChI is InChI=1S/C22H29F2N/c1-17-7-13-22(14-8-17)25(3)16-19-9-11-20(12-10-19)18(2)5-4-6-21(24)15-23/h4-6,9-12,17,22H,2,7-8,13-16H2,1,3H3/b5-4-,21-6+. The molecule has 25 heavy (non-hydrogen) atoms. The third kappa shape index (κ3) is 6.24. The fourth-order valence-electron chi connectivity index (χ4n) is 3.33. The van der Waals surface area contributed by atoms with Crippen LogP contribution in [-0.4, -0.2) is 24.7 Å². The first-order valence-corrected chi connectivity index (χ1v) is 9.06. The van der Waals surface area contributed by atoms with Crippen LogP contribution in [0.3, 0.4) is 0 Å². The summed E-state index contributed by atoms with van der Waals surface area (Å²) in [6.45, 7) is 6.20. The fourth-order valence-corrected chi connectivity index (χ4v) is 3.33. The van der Waals surface area contributed by atoms with Crippen molar-refractivity contribution in [2.24, 2.45) is 5.92 Å². The molecule has 1 aromatic carbocycles. The maximum absolute atomic E-state index is 12.7. The van der Waals surface area contributed by atoms with E-state index in [0.29, 0.717) is 6.04 Å². The van der Waals surface area contributed by atoms with Gasteiger partial charge in [0.2, 0.25) is 0 Å². The number of hydrogen-bond acceptors (Lipinski definition) is 1. The van der Waals surface area contributed by atoms with Gasteiger partial charge in [0.25, 0.3) is 0 Å². The SMILES string of the molecule is C=C(/C=C\C=C(\F)CF)c1ccc(CN(C)C2CCC(C)CC2)cc1. The molecule has 0 amide bonds. The number of nitrogens with zero attached hydrogens (tertiary/aromatic N) is 1. The minimum Gasteiger partial charge on any atom is -0.299 e. The van der Waals surface area contributed by atoms with Gasteiger partial charge in [0.05, 0.1) is 0 Å². The number of benzene rings is 1. The van der Waals surface area contributed by atoms with E-state index in [0.717, 1.165) is 29.7 Å². The summed E-state index contributed by atoms with van der Waals surface area (Å²) in [6.07, 6.45) is 9.55. The van der Waals surface area contributed by atoms with Crippen LogP contribution >= 0.6 is 0 Å². The second kappa shape index (κ2) is 9.67. The molecule has 1 nitrogen and oxygen atoms in total. The van der Waals surface area contributed by atoms with E-state index in [1.807, 2.05) is 12.1 Å². The Labute approximate surface area is 150 Å². The zero-order valence-corrected chi connectivity index (χ0v) is 15.3. The number of hydrogen-bond donors (Lipinski definition) is 0. The number of allylic oxidation sites excluding steroid dienone is 5. The second-order valence-electron chi connectivity index (χ2n) is 7.16. The molecule has 0 spiro atoms. The first kappa shape index (κ1) is 19.6. The van der Waals surface area contributed by atoms with Crippen molar-refractivity contribution in [1.29, 1.82) is 0 Å². The molecule has 0 saturated heterocycles. The van der Waals surface area contributed by atoms with E-state index in [9.17, 15) is 8.78 Å². The normalized spacial score (nSPS) is 21.9. The summed E-state index contributed by atoms with van der Waals surface area (Å²) in [7, 11) is 2.21. The molecule has 0 radical (unpaired) electrons. The molecule has 1 aliphatic rings. The maximum Gasteiger partial charge on any atom is 0.141 e. The Morgan fingerprint density at radius 2 is 1.84 bits per heavy atom. The highest BCUT2D eigenvalue weighted by Crippen LogP contribution is 2.27. The molecule has 1 aromatic rings. The van der Waals surface area contributed by atoms with Crippen molar-refractivity contribution in [3.05, 3.63) is 66.0 Å². The molecule has 2 rings (SSSR count). The summed E-state index contributed by atoms with van der Waals surface area (Å²) in [5, 5.41) is 0. The van der Waals surface area contributed by atoms with Gasteiger partial charge in [-0.25, -0.2) is 8.78 Å². The van der Waals surface area contributed by atoms with Crippen LogP contribution in [0.15, 0.2) is 54.9 Å². The highest BCUT2D eigenvalue weighted by Gasteiger charge is 2.21. The summed E-state index contributed by atoms with van der Waals surface area (Å²) in [4.78, 5) is 2.46. The van der Waals surface area contributed by atoms with Crippen molar-refractivity contribution in [3.63, 3.8) is 0 Å². The molecule has 3 heteroatoms. The summed E-state index contributed by atoms with van der Waals surface area (Å²) < 4.78 is 24.8. The van der Waals surface area contributed by atoms with E-state index in [1.165, 1.54) is 37.3 Å². The lowest BCUT2D eigenvalue weighted by molar-refractivity contribution is 0.164. The predicted octanol–water partition coefficient (Wildman–Crippen LogP) is 6.09. The van der Waals surface area contributed by atoms with Crippen LogP contribution < -0.4 is 0 Å². The number of rotatable bonds is 7. The number of alkyl halides is 1. The van der Waals surface area contributed by atoms with Gasteiger partial charge in [-0.15, -0.1) is 0 Å². The van der Waals surface area contributed by atoms with Crippen LogP contribution in [0.1, 0.15) is 43.7 Å². The largest absolute Gasteiger partial charge is 0.299 e. The fraction of sp³-hybridized carbons (Fsp3) is 0.455. The molecule has 1 aliphatic carbocycles. The molecule has 1 fully saturated rings. The highest BCUT2D eigenvalue weighted by atomic mass is 19.2. The second-order valence-corrected chi connectivity index (χ2v) is 7.16. The van der Waals surface area contributed by atoms with Crippen molar-refractivity contribution in [2.45, 2.75) is 45.2 Å². The first-order valence-electron chi connectivity index (χ1n) is 9.06. The van der Waals surface area contributed by atoms with Crippen molar-refractivity contribution in [1.82, 2.24) is 4.90 Å². The number of halogens is 2. The van der Waals surface area contributed by atoms with E-state index in [2.05, 4.69) is 37.6 Å². The quantitative estimate of drug-likeness (QED) is 0.541. The molecule has 0 N–H and O–H groups in total. The van der Waals surface area contributed by atoms with Crippen LogP contribution in [0.2, 0.25) is 0 Å². The molecule has 1 saturated carbocycles. The minimum atomic E-state index is -1.07. The third-order valence-corrected chi connectivity index (χ3v) is 5.07. The average molecular weight is 345 g/mol. The van der Waals surface area contributed by atoms with Gasteiger partial charge in [0.1, 0.15) is 12.5 Å².